The van der Waals surface area contributed by atoms with E-state index in [1.807, 2.05) is 32.0 Å². The summed E-state index contributed by atoms with van der Waals surface area (Å²) in [6.45, 7) is 4.07. The Kier molecular flexibility index (Phi) is 2.14. The molecule has 1 aromatic rings. The minimum absolute atomic E-state index is 0.0173. The highest BCUT2D eigenvalue weighted by atomic mass is 79.9. The Morgan fingerprint density at radius 3 is 2.86 bits per heavy atom. The SMILES string of the molecule is CC1(C)Cc2cccc(Br)c2C(=O)N1. The first-order valence-electron chi connectivity index (χ1n) is 4.59. The number of rotatable bonds is 0. The van der Waals surface area contributed by atoms with Crippen LogP contribution in [0.3, 0.4) is 0 Å². The first kappa shape index (κ1) is 9.71. The lowest BCUT2D eigenvalue weighted by Crippen LogP contribution is -2.49. The number of fused-ring (bicyclic) bond motifs is 1. The summed E-state index contributed by atoms with van der Waals surface area (Å²) in [7, 11) is 0. The van der Waals surface area contributed by atoms with Gasteiger partial charge in [-0.25, -0.2) is 0 Å². The summed E-state index contributed by atoms with van der Waals surface area (Å²) < 4.78 is 0.878. The number of halogens is 1. The Morgan fingerprint density at radius 2 is 2.14 bits per heavy atom. The van der Waals surface area contributed by atoms with E-state index in [0.717, 1.165) is 22.0 Å². The highest BCUT2D eigenvalue weighted by Crippen LogP contribution is 2.28. The normalized spacial score (nSPS) is 18.6. The van der Waals surface area contributed by atoms with Crippen LogP contribution in [-0.2, 0) is 6.42 Å². The van der Waals surface area contributed by atoms with E-state index in [9.17, 15) is 4.79 Å². The highest BCUT2D eigenvalue weighted by Gasteiger charge is 2.30. The maximum Gasteiger partial charge on any atom is 0.253 e. The molecule has 14 heavy (non-hydrogen) atoms. The van der Waals surface area contributed by atoms with Crippen LogP contribution in [0.2, 0.25) is 0 Å². The average molecular weight is 254 g/mol. The molecule has 1 aromatic carbocycles. The number of benzene rings is 1. The second-order valence-electron chi connectivity index (χ2n) is 4.29. The van der Waals surface area contributed by atoms with Gasteiger partial charge in [-0.15, -0.1) is 0 Å². The first-order chi connectivity index (χ1) is 6.49. The van der Waals surface area contributed by atoms with Crippen LogP contribution in [0.5, 0.6) is 0 Å². The van der Waals surface area contributed by atoms with Crippen molar-refractivity contribution in [2.75, 3.05) is 0 Å². The van der Waals surface area contributed by atoms with E-state index in [2.05, 4.69) is 21.2 Å². The molecule has 0 aromatic heterocycles. The number of hydrogen-bond donors (Lipinski definition) is 1. The standard InChI is InChI=1S/C11H12BrNO/c1-11(2)6-7-4-3-5-8(12)9(7)10(14)13-11/h3-5H,6H2,1-2H3,(H,13,14). The minimum Gasteiger partial charge on any atom is -0.347 e. The van der Waals surface area contributed by atoms with Crippen molar-refractivity contribution in [3.05, 3.63) is 33.8 Å². The van der Waals surface area contributed by atoms with Gasteiger partial charge in [-0.2, -0.15) is 0 Å². The topological polar surface area (TPSA) is 29.1 Å². The molecular weight excluding hydrogens is 242 g/mol. The van der Waals surface area contributed by atoms with E-state index in [0.29, 0.717) is 0 Å². The maximum absolute atomic E-state index is 11.8. The van der Waals surface area contributed by atoms with Gasteiger partial charge in [0.1, 0.15) is 0 Å². The summed E-state index contributed by atoms with van der Waals surface area (Å²) in [6, 6.07) is 5.88. The number of amides is 1. The minimum atomic E-state index is -0.134. The zero-order chi connectivity index (χ0) is 10.3. The molecule has 2 nitrogen and oxygen atoms in total. The lowest BCUT2D eigenvalue weighted by molar-refractivity contribution is 0.0896. The van der Waals surface area contributed by atoms with E-state index < -0.39 is 0 Å². The van der Waals surface area contributed by atoms with Crippen molar-refractivity contribution in [2.24, 2.45) is 0 Å². The van der Waals surface area contributed by atoms with Gasteiger partial charge >= 0.3 is 0 Å². The summed E-state index contributed by atoms with van der Waals surface area (Å²) >= 11 is 3.40. The number of nitrogens with one attached hydrogen (secondary N) is 1. The molecule has 0 saturated heterocycles. The predicted molar refractivity (Wildman–Crippen MR) is 59.4 cm³/mol. The predicted octanol–water partition coefficient (Wildman–Crippen LogP) is 2.51. The van der Waals surface area contributed by atoms with Gasteiger partial charge in [0.05, 0.1) is 5.56 Å². The van der Waals surface area contributed by atoms with Crippen LogP contribution in [0.4, 0.5) is 0 Å². The fourth-order valence-corrected chi connectivity index (χ4v) is 2.45. The van der Waals surface area contributed by atoms with Gasteiger partial charge in [-0.05, 0) is 47.8 Å². The molecule has 0 saturated carbocycles. The van der Waals surface area contributed by atoms with Crippen LogP contribution < -0.4 is 5.32 Å². The summed E-state index contributed by atoms with van der Waals surface area (Å²) in [4.78, 5) is 11.8. The highest BCUT2D eigenvalue weighted by molar-refractivity contribution is 9.10. The van der Waals surface area contributed by atoms with E-state index >= 15 is 0 Å². The zero-order valence-electron chi connectivity index (χ0n) is 8.23. The molecule has 0 unspecified atom stereocenters. The molecule has 0 aliphatic carbocycles. The molecule has 1 aliphatic heterocycles. The van der Waals surface area contributed by atoms with Gasteiger partial charge < -0.3 is 5.32 Å². The van der Waals surface area contributed by atoms with Crippen LogP contribution in [0.15, 0.2) is 22.7 Å². The van der Waals surface area contributed by atoms with Gasteiger partial charge in [0.15, 0.2) is 0 Å². The lowest BCUT2D eigenvalue weighted by atomic mass is 9.87. The third-order valence-corrected chi connectivity index (χ3v) is 3.07. The van der Waals surface area contributed by atoms with E-state index in [-0.39, 0.29) is 11.4 Å². The van der Waals surface area contributed by atoms with Crippen LogP contribution in [0, 0.1) is 0 Å². The third-order valence-electron chi connectivity index (χ3n) is 2.41. The van der Waals surface area contributed by atoms with Crippen molar-refractivity contribution in [1.82, 2.24) is 5.32 Å². The molecule has 1 aliphatic rings. The number of carbonyl (C=O) groups excluding carboxylic acids is 1. The van der Waals surface area contributed by atoms with Crippen LogP contribution in [-0.4, -0.2) is 11.4 Å². The van der Waals surface area contributed by atoms with Gasteiger partial charge in [0, 0.05) is 10.0 Å². The van der Waals surface area contributed by atoms with Crippen LogP contribution in [0.1, 0.15) is 29.8 Å². The molecular formula is C11H12BrNO. The molecule has 0 atom stereocenters. The molecule has 74 valence electrons. The fraction of sp³-hybridized carbons (Fsp3) is 0.364. The summed E-state index contributed by atoms with van der Waals surface area (Å²) in [5.74, 6) is 0.0173. The molecule has 0 spiro atoms. The smallest absolute Gasteiger partial charge is 0.253 e. The van der Waals surface area contributed by atoms with Gasteiger partial charge in [-0.3, -0.25) is 4.79 Å². The molecule has 0 radical (unpaired) electrons. The average Bonchev–Trinajstić information content (AvgIpc) is 2.00. The van der Waals surface area contributed by atoms with Gasteiger partial charge in [-0.1, -0.05) is 12.1 Å². The number of carbonyl (C=O) groups is 1. The lowest BCUT2D eigenvalue weighted by Gasteiger charge is -2.32. The Labute approximate surface area is 91.8 Å². The molecule has 2 rings (SSSR count). The second kappa shape index (κ2) is 3.09. The van der Waals surface area contributed by atoms with Crippen molar-refractivity contribution in [3.8, 4) is 0 Å². The van der Waals surface area contributed by atoms with E-state index in [1.165, 1.54) is 0 Å². The summed E-state index contributed by atoms with van der Waals surface area (Å²) in [5.41, 5.74) is 1.77. The van der Waals surface area contributed by atoms with Gasteiger partial charge in [0.2, 0.25) is 0 Å². The fourth-order valence-electron chi connectivity index (χ4n) is 1.86. The molecule has 0 fully saturated rings. The van der Waals surface area contributed by atoms with E-state index in [4.69, 9.17) is 0 Å². The molecule has 1 N–H and O–H groups in total. The Balaban J connectivity index is 2.56. The van der Waals surface area contributed by atoms with Crippen molar-refractivity contribution in [3.63, 3.8) is 0 Å². The summed E-state index contributed by atoms with van der Waals surface area (Å²) in [5, 5.41) is 2.98. The molecule has 3 heteroatoms. The Hall–Kier alpha value is -0.830. The van der Waals surface area contributed by atoms with Crippen molar-refractivity contribution < 1.29 is 4.79 Å². The third kappa shape index (κ3) is 1.57. The summed E-state index contributed by atoms with van der Waals surface area (Å²) in [6.07, 6.45) is 0.882. The van der Waals surface area contributed by atoms with Crippen molar-refractivity contribution in [2.45, 2.75) is 25.8 Å². The van der Waals surface area contributed by atoms with Crippen molar-refractivity contribution >= 4 is 21.8 Å². The Morgan fingerprint density at radius 1 is 1.43 bits per heavy atom. The quantitative estimate of drug-likeness (QED) is 0.757. The van der Waals surface area contributed by atoms with Crippen molar-refractivity contribution in [1.29, 1.82) is 0 Å². The van der Waals surface area contributed by atoms with Crippen LogP contribution in [0.25, 0.3) is 0 Å². The monoisotopic (exact) mass is 253 g/mol. The van der Waals surface area contributed by atoms with Gasteiger partial charge in [0.25, 0.3) is 5.91 Å². The van der Waals surface area contributed by atoms with Crippen LogP contribution >= 0.6 is 15.9 Å². The molecule has 1 heterocycles. The number of hydrogen-bond acceptors (Lipinski definition) is 1. The molecule has 0 bridgehead atoms. The largest absolute Gasteiger partial charge is 0.347 e. The maximum atomic E-state index is 11.8. The molecule has 1 amide bonds. The first-order valence-corrected chi connectivity index (χ1v) is 5.39. The second-order valence-corrected chi connectivity index (χ2v) is 5.14. The zero-order valence-corrected chi connectivity index (χ0v) is 9.81. The Bertz CT molecular complexity index is 398. The van der Waals surface area contributed by atoms with E-state index in [1.54, 1.807) is 0 Å².